The van der Waals surface area contributed by atoms with Crippen molar-refractivity contribution >= 4 is 22.6 Å². The largest absolute Gasteiger partial charge is 0.328 e. The van der Waals surface area contributed by atoms with Crippen LogP contribution >= 0.6 is 22.6 Å². The lowest BCUT2D eigenvalue weighted by atomic mass is 10.3. The second-order valence-electron chi connectivity index (χ2n) is 4.00. The van der Waals surface area contributed by atoms with Crippen LogP contribution in [0.3, 0.4) is 0 Å². The molecule has 0 atom stereocenters. The molecule has 2 aromatic rings. The number of nitrogens with one attached hydrogen (secondary N) is 1. The van der Waals surface area contributed by atoms with Gasteiger partial charge in [-0.15, -0.1) is 0 Å². The molecule has 0 saturated carbocycles. The predicted molar refractivity (Wildman–Crippen MR) is 78.5 cm³/mol. The Balaban J connectivity index is 2.54. The Kier molecular flexibility index (Phi) is 4.15. The summed E-state index contributed by atoms with van der Waals surface area (Å²) in [5.74, 6) is 0.600. The molecule has 2 rings (SSSR count). The zero-order chi connectivity index (χ0) is 13.1. The summed E-state index contributed by atoms with van der Waals surface area (Å²) in [6, 6.07) is 0. The zero-order valence-corrected chi connectivity index (χ0v) is 12.6. The van der Waals surface area contributed by atoms with Crippen LogP contribution < -0.4 is 5.56 Å². The third-order valence-electron chi connectivity index (χ3n) is 2.69. The van der Waals surface area contributed by atoms with Crippen molar-refractivity contribution in [2.45, 2.75) is 33.2 Å². The van der Waals surface area contributed by atoms with E-state index in [-0.39, 0.29) is 5.56 Å². The summed E-state index contributed by atoms with van der Waals surface area (Å²) in [6.45, 7) is 4.97. The molecular weight excluding hydrogens is 343 g/mol. The molecule has 0 aliphatic heterocycles. The van der Waals surface area contributed by atoms with E-state index in [1.54, 1.807) is 12.5 Å². The molecule has 18 heavy (non-hydrogen) atoms. The van der Waals surface area contributed by atoms with Gasteiger partial charge in [0.1, 0.15) is 5.69 Å². The van der Waals surface area contributed by atoms with Crippen molar-refractivity contribution in [3.05, 3.63) is 32.1 Å². The van der Waals surface area contributed by atoms with E-state index in [1.165, 1.54) is 0 Å². The minimum absolute atomic E-state index is 0.0818. The van der Waals surface area contributed by atoms with Crippen molar-refractivity contribution in [2.24, 2.45) is 0 Å². The summed E-state index contributed by atoms with van der Waals surface area (Å²) in [7, 11) is 0. The number of hydrogen-bond acceptors (Lipinski definition) is 3. The van der Waals surface area contributed by atoms with Crippen molar-refractivity contribution < 1.29 is 0 Å². The predicted octanol–water partition coefficient (Wildman–Crippen LogP) is 2.21. The van der Waals surface area contributed by atoms with Crippen molar-refractivity contribution in [1.82, 2.24) is 19.5 Å². The van der Waals surface area contributed by atoms with E-state index in [9.17, 15) is 4.79 Å². The normalized spacial score (nSPS) is 10.8. The Morgan fingerprint density at radius 1 is 1.44 bits per heavy atom. The lowest BCUT2D eigenvalue weighted by molar-refractivity contribution is 0.680. The van der Waals surface area contributed by atoms with Gasteiger partial charge in [-0.25, -0.2) is 9.97 Å². The highest BCUT2D eigenvalue weighted by Crippen LogP contribution is 2.15. The molecule has 96 valence electrons. The Bertz CT molecular complexity index is 602. The van der Waals surface area contributed by atoms with Gasteiger partial charge in [-0.1, -0.05) is 13.8 Å². The Morgan fingerprint density at radius 3 is 2.89 bits per heavy atom. The number of nitrogens with zero attached hydrogens (tertiary/aromatic N) is 3. The summed E-state index contributed by atoms with van der Waals surface area (Å²) >= 11 is 2.04. The average Bonchev–Trinajstić information content (AvgIpc) is 2.81. The van der Waals surface area contributed by atoms with Crippen molar-refractivity contribution in [3.63, 3.8) is 0 Å². The van der Waals surface area contributed by atoms with Crippen LogP contribution in [0.4, 0.5) is 0 Å². The Hall–Kier alpha value is -1.18. The summed E-state index contributed by atoms with van der Waals surface area (Å²) in [4.78, 5) is 23.3. The SMILES string of the molecule is CCCn1cncc1-c1nc(CC)c(I)c(=O)[nH]1. The smallest absolute Gasteiger partial charge is 0.264 e. The number of H-pyrrole nitrogens is 1. The monoisotopic (exact) mass is 358 g/mol. The molecule has 0 spiro atoms. The van der Waals surface area contributed by atoms with Crippen LogP contribution in [0.5, 0.6) is 0 Å². The molecule has 6 heteroatoms. The second kappa shape index (κ2) is 5.64. The fraction of sp³-hybridized carbons (Fsp3) is 0.417. The van der Waals surface area contributed by atoms with Gasteiger partial charge < -0.3 is 9.55 Å². The van der Waals surface area contributed by atoms with Crippen molar-refractivity contribution in [1.29, 1.82) is 0 Å². The Labute approximate surface area is 119 Å². The standard InChI is InChI=1S/C12H15IN4O/c1-3-5-17-7-14-6-9(17)11-15-8(4-2)10(13)12(18)16-11/h6-7H,3-5H2,1-2H3,(H,15,16,18). The maximum atomic E-state index is 11.9. The molecule has 0 saturated heterocycles. The van der Waals surface area contributed by atoms with Crippen LogP contribution in [-0.4, -0.2) is 19.5 Å². The summed E-state index contributed by atoms with van der Waals surface area (Å²) in [5, 5.41) is 0. The van der Waals surface area contributed by atoms with Gasteiger partial charge in [-0.05, 0) is 35.4 Å². The molecule has 0 radical (unpaired) electrons. The van der Waals surface area contributed by atoms with E-state index in [0.717, 1.165) is 30.8 Å². The molecule has 0 amide bonds. The van der Waals surface area contributed by atoms with Crippen molar-refractivity contribution in [2.75, 3.05) is 0 Å². The van der Waals surface area contributed by atoms with Gasteiger partial charge in [0, 0.05) is 6.54 Å². The topological polar surface area (TPSA) is 63.6 Å². The number of hydrogen-bond donors (Lipinski definition) is 1. The summed E-state index contributed by atoms with van der Waals surface area (Å²) in [5.41, 5.74) is 1.61. The highest BCUT2D eigenvalue weighted by Gasteiger charge is 2.11. The number of aromatic nitrogens is 4. The fourth-order valence-electron chi connectivity index (χ4n) is 1.80. The van der Waals surface area contributed by atoms with E-state index in [0.29, 0.717) is 9.39 Å². The molecule has 0 bridgehead atoms. The third-order valence-corrected chi connectivity index (χ3v) is 3.80. The Morgan fingerprint density at radius 2 is 2.22 bits per heavy atom. The first kappa shape index (κ1) is 13.3. The number of aryl methyl sites for hydroxylation is 2. The van der Waals surface area contributed by atoms with E-state index >= 15 is 0 Å². The highest BCUT2D eigenvalue weighted by atomic mass is 127. The van der Waals surface area contributed by atoms with Crippen LogP contribution in [0.2, 0.25) is 0 Å². The quantitative estimate of drug-likeness (QED) is 0.853. The van der Waals surface area contributed by atoms with E-state index < -0.39 is 0 Å². The maximum Gasteiger partial charge on any atom is 0.264 e. The van der Waals surface area contributed by atoms with E-state index in [4.69, 9.17) is 0 Å². The van der Waals surface area contributed by atoms with Crippen LogP contribution in [0, 0.1) is 3.57 Å². The minimum atomic E-state index is -0.0818. The number of aromatic amines is 1. The molecule has 0 aliphatic rings. The van der Waals surface area contributed by atoms with E-state index in [2.05, 4.69) is 21.9 Å². The average molecular weight is 358 g/mol. The van der Waals surface area contributed by atoms with Gasteiger partial charge in [0.05, 0.1) is 21.8 Å². The van der Waals surface area contributed by atoms with Gasteiger partial charge in [0.25, 0.3) is 5.56 Å². The molecule has 2 aromatic heterocycles. The zero-order valence-electron chi connectivity index (χ0n) is 10.4. The summed E-state index contributed by atoms with van der Waals surface area (Å²) < 4.78 is 2.67. The van der Waals surface area contributed by atoms with Gasteiger partial charge in [-0.3, -0.25) is 4.79 Å². The summed E-state index contributed by atoms with van der Waals surface area (Å²) in [6.07, 6.45) is 5.26. The number of halogens is 1. The van der Waals surface area contributed by atoms with Crippen LogP contribution in [0.1, 0.15) is 26.0 Å². The first-order valence-corrected chi connectivity index (χ1v) is 7.04. The second-order valence-corrected chi connectivity index (χ2v) is 5.08. The van der Waals surface area contributed by atoms with Crippen LogP contribution in [-0.2, 0) is 13.0 Å². The van der Waals surface area contributed by atoms with Crippen LogP contribution in [0.25, 0.3) is 11.5 Å². The van der Waals surface area contributed by atoms with Gasteiger partial charge >= 0.3 is 0 Å². The van der Waals surface area contributed by atoms with E-state index in [1.807, 2.05) is 34.1 Å². The molecule has 0 aromatic carbocycles. The number of rotatable bonds is 4. The minimum Gasteiger partial charge on any atom is -0.328 e. The van der Waals surface area contributed by atoms with Gasteiger partial charge in [0.2, 0.25) is 0 Å². The van der Waals surface area contributed by atoms with Crippen molar-refractivity contribution in [3.8, 4) is 11.5 Å². The third kappa shape index (κ3) is 2.47. The lowest BCUT2D eigenvalue weighted by Gasteiger charge is -2.07. The van der Waals surface area contributed by atoms with Gasteiger partial charge in [-0.2, -0.15) is 0 Å². The maximum absolute atomic E-state index is 11.9. The molecule has 5 nitrogen and oxygen atoms in total. The fourth-order valence-corrected chi connectivity index (χ4v) is 2.43. The number of imidazole rings is 1. The first-order chi connectivity index (χ1) is 8.67. The molecule has 0 fully saturated rings. The molecule has 2 heterocycles. The van der Waals surface area contributed by atoms with Crippen LogP contribution in [0.15, 0.2) is 17.3 Å². The molecule has 1 N–H and O–H groups in total. The first-order valence-electron chi connectivity index (χ1n) is 5.96. The molecular formula is C12H15IN4O. The highest BCUT2D eigenvalue weighted by molar-refractivity contribution is 14.1. The lowest BCUT2D eigenvalue weighted by Crippen LogP contribution is -2.17. The van der Waals surface area contributed by atoms with Gasteiger partial charge in [0.15, 0.2) is 5.82 Å². The molecule has 0 aliphatic carbocycles. The molecule has 0 unspecified atom stereocenters.